The van der Waals surface area contributed by atoms with Gasteiger partial charge in [0.2, 0.25) is 11.8 Å². The van der Waals surface area contributed by atoms with E-state index < -0.39 is 28.5 Å². The Balaban J connectivity index is 1.74. The van der Waals surface area contributed by atoms with Crippen LogP contribution >= 0.6 is 0 Å². The van der Waals surface area contributed by atoms with Gasteiger partial charge in [-0.15, -0.1) is 0 Å². The highest BCUT2D eigenvalue weighted by Gasteiger charge is 2.34. The molecule has 11 heteroatoms. The Kier molecular flexibility index (Phi) is 10.5. The Hall–Kier alpha value is -4.25. The predicted molar refractivity (Wildman–Crippen MR) is 164 cm³/mol. The van der Waals surface area contributed by atoms with E-state index in [0.717, 1.165) is 16.3 Å². The van der Waals surface area contributed by atoms with Crippen molar-refractivity contribution in [3.63, 3.8) is 0 Å². The highest BCUT2D eigenvalue weighted by molar-refractivity contribution is 7.92. The van der Waals surface area contributed by atoms with Crippen LogP contribution in [0.2, 0.25) is 0 Å². The highest BCUT2D eigenvalue weighted by atomic mass is 32.2. The summed E-state index contributed by atoms with van der Waals surface area (Å²) in [4.78, 5) is 29.1. The monoisotopic (exact) mass is 609 g/mol. The van der Waals surface area contributed by atoms with Crippen molar-refractivity contribution >= 4 is 27.5 Å². The van der Waals surface area contributed by atoms with Gasteiger partial charge in [0.15, 0.2) is 11.5 Å². The van der Waals surface area contributed by atoms with Gasteiger partial charge in [-0.3, -0.25) is 13.9 Å². The molecule has 1 heterocycles. The zero-order chi connectivity index (χ0) is 31.0. The standard InChI is InChI=1S/C32H39N3O7S/c1-5-23(3)33-32(37)28(6-2)34(21-24-12-15-26(40-4)16-13-24)31(36)22-35(43(38,39)27-10-8-7-9-11-27)25-14-17-29-30(20-25)42-19-18-41-29/h7-17,20,23,28H,5-6,18-19,21-22H2,1-4H3,(H,33,37)/t23-,28+/m1/s1. The first-order chi connectivity index (χ1) is 20.7. The number of carbonyl (C=O) groups excluding carboxylic acids is 2. The van der Waals surface area contributed by atoms with Gasteiger partial charge >= 0.3 is 0 Å². The smallest absolute Gasteiger partial charge is 0.264 e. The lowest BCUT2D eigenvalue weighted by atomic mass is 10.1. The van der Waals surface area contributed by atoms with Gasteiger partial charge in [0, 0.05) is 18.7 Å². The molecule has 2 atom stereocenters. The fraction of sp³-hybridized carbons (Fsp3) is 0.375. The lowest BCUT2D eigenvalue weighted by molar-refractivity contribution is -0.140. The molecule has 0 radical (unpaired) electrons. The topological polar surface area (TPSA) is 114 Å². The van der Waals surface area contributed by atoms with Crippen LogP contribution in [-0.4, -0.2) is 64.1 Å². The van der Waals surface area contributed by atoms with Crippen molar-refractivity contribution in [2.45, 2.75) is 57.1 Å². The molecule has 0 saturated carbocycles. The summed E-state index contributed by atoms with van der Waals surface area (Å²) in [6, 6.07) is 19.0. The van der Waals surface area contributed by atoms with Gasteiger partial charge in [0.1, 0.15) is 31.5 Å². The fourth-order valence-electron chi connectivity index (χ4n) is 4.72. The van der Waals surface area contributed by atoms with E-state index in [4.69, 9.17) is 14.2 Å². The summed E-state index contributed by atoms with van der Waals surface area (Å²) in [7, 11) is -2.63. The van der Waals surface area contributed by atoms with Crippen molar-refractivity contribution in [1.29, 1.82) is 0 Å². The molecule has 43 heavy (non-hydrogen) atoms. The van der Waals surface area contributed by atoms with Gasteiger partial charge < -0.3 is 24.4 Å². The van der Waals surface area contributed by atoms with Crippen molar-refractivity contribution in [3.05, 3.63) is 78.4 Å². The number of fused-ring (bicyclic) bond motifs is 1. The summed E-state index contributed by atoms with van der Waals surface area (Å²) < 4.78 is 45.7. The van der Waals surface area contributed by atoms with Crippen LogP contribution in [0.4, 0.5) is 5.69 Å². The molecule has 4 rings (SSSR count). The molecule has 1 N–H and O–H groups in total. The third-order valence-electron chi connectivity index (χ3n) is 7.32. The number of ether oxygens (including phenoxy) is 3. The van der Waals surface area contributed by atoms with Crippen LogP contribution in [0, 0.1) is 0 Å². The number of sulfonamides is 1. The first-order valence-electron chi connectivity index (χ1n) is 14.4. The molecule has 0 saturated heterocycles. The lowest BCUT2D eigenvalue weighted by Gasteiger charge is -2.34. The Morgan fingerprint density at radius 2 is 1.60 bits per heavy atom. The highest BCUT2D eigenvalue weighted by Crippen LogP contribution is 2.36. The maximum Gasteiger partial charge on any atom is 0.264 e. The van der Waals surface area contributed by atoms with Crippen LogP contribution in [0.1, 0.15) is 39.2 Å². The Morgan fingerprint density at radius 3 is 2.23 bits per heavy atom. The lowest BCUT2D eigenvalue weighted by Crippen LogP contribution is -2.53. The van der Waals surface area contributed by atoms with E-state index in [0.29, 0.717) is 36.9 Å². The molecule has 3 aromatic rings. The van der Waals surface area contributed by atoms with Crippen molar-refractivity contribution in [2.24, 2.45) is 0 Å². The van der Waals surface area contributed by atoms with Crippen LogP contribution < -0.4 is 23.8 Å². The number of amides is 2. The minimum atomic E-state index is -4.19. The molecule has 1 aliphatic rings. The molecule has 1 aliphatic heterocycles. The molecule has 0 bridgehead atoms. The second kappa shape index (κ2) is 14.3. The van der Waals surface area contributed by atoms with Crippen molar-refractivity contribution in [2.75, 3.05) is 31.2 Å². The van der Waals surface area contributed by atoms with Crippen LogP contribution in [0.15, 0.2) is 77.7 Å². The molecule has 0 aliphatic carbocycles. The van der Waals surface area contributed by atoms with Gasteiger partial charge in [-0.2, -0.15) is 0 Å². The number of rotatable bonds is 13. The third kappa shape index (κ3) is 7.59. The van der Waals surface area contributed by atoms with Gasteiger partial charge in [-0.1, -0.05) is 44.2 Å². The van der Waals surface area contributed by atoms with E-state index in [1.54, 1.807) is 55.6 Å². The Bertz CT molecular complexity index is 1500. The third-order valence-corrected chi connectivity index (χ3v) is 9.11. The molecule has 230 valence electrons. The SMILES string of the molecule is CC[C@@H](C)NC(=O)[C@H](CC)N(Cc1ccc(OC)cc1)C(=O)CN(c1ccc2c(c1)OCCO2)S(=O)(=O)c1ccccc1. The Labute approximate surface area is 253 Å². The molecule has 10 nitrogen and oxygen atoms in total. The summed E-state index contributed by atoms with van der Waals surface area (Å²) in [6.45, 7) is 5.95. The maximum atomic E-state index is 14.2. The predicted octanol–water partition coefficient (Wildman–Crippen LogP) is 4.38. The summed E-state index contributed by atoms with van der Waals surface area (Å²) in [6.07, 6.45) is 1.06. The quantitative estimate of drug-likeness (QED) is 0.306. The fourth-order valence-corrected chi connectivity index (χ4v) is 6.15. The largest absolute Gasteiger partial charge is 0.497 e. The van der Waals surface area contributed by atoms with Crippen LogP contribution in [0.25, 0.3) is 0 Å². The van der Waals surface area contributed by atoms with Gasteiger partial charge in [0.25, 0.3) is 10.0 Å². The summed E-state index contributed by atoms with van der Waals surface area (Å²) in [5.74, 6) is 0.708. The molecule has 3 aromatic carbocycles. The van der Waals surface area contributed by atoms with Crippen molar-refractivity contribution < 1.29 is 32.2 Å². The average molecular weight is 610 g/mol. The molecule has 2 amide bonds. The number of hydrogen-bond donors (Lipinski definition) is 1. The molecule has 0 spiro atoms. The maximum absolute atomic E-state index is 14.2. The van der Waals surface area contributed by atoms with Crippen LogP contribution in [0.5, 0.6) is 17.2 Å². The van der Waals surface area contributed by atoms with E-state index in [1.807, 2.05) is 32.9 Å². The van der Waals surface area contributed by atoms with Crippen molar-refractivity contribution in [1.82, 2.24) is 10.2 Å². The minimum absolute atomic E-state index is 0.0287. The zero-order valence-electron chi connectivity index (χ0n) is 25.0. The average Bonchev–Trinajstić information content (AvgIpc) is 3.03. The zero-order valence-corrected chi connectivity index (χ0v) is 25.8. The number of anilines is 1. The van der Waals surface area contributed by atoms with Crippen LogP contribution in [-0.2, 0) is 26.2 Å². The molecular weight excluding hydrogens is 570 g/mol. The second-order valence-electron chi connectivity index (χ2n) is 10.3. The van der Waals surface area contributed by atoms with Gasteiger partial charge in [-0.25, -0.2) is 8.42 Å². The van der Waals surface area contributed by atoms with Crippen molar-refractivity contribution in [3.8, 4) is 17.2 Å². The first-order valence-corrected chi connectivity index (χ1v) is 15.8. The number of nitrogens with one attached hydrogen (secondary N) is 1. The molecular formula is C32H39N3O7S. The number of nitrogens with zero attached hydrogens (tertiary/aromatic N) is 2. The number of carbonyl (C=O) groups is 2. The van der Waals surface area contributed by atoms with E-state index >= 15 is 0 Å². The number of benzene rings is 3. The summed E-state index contributed by atoms with van der Waals surface area (Å²) in [5, 5.41) is 2.98. The molecule has 0 aromatic heterocycles. The van der Waals surface area contributed by atoms with E-state index in [-0.39, 0.29) is 29.1 Å². The van der Waals surface area contributed by atoms with E-state index in [9.17, 15) is 18.0 Å². The van der Waals surface area contributed by atoms with Crippen LogP contribution in [0.3, 0.4) is 0 Å². The normalized spacial score (nSPS) is 13.9. The molecule has 0 unspecified atom stereocenters. The first kappa shape index (κ1) is 31.7. The van der Waals surface area contributed by atoms with E-state index in [1.165, 1.54) is 17.0 Å². The Morgan fingerprint density at radius 1 is 0.930 bits per heavy atom. The summed E-state index contributed by atoms with van der Waals surface area (Å²) in [5.41, 5.74) is 1.00. The summed E-state index contributed by atoms with van der Waals surface area (Å²) >= 11 is 0. The number of methoxy groups -OCH3 is 1. The van der Waals surface area contributed by atoms with Gasteiger partial charge in [-0.05, 0) is 61.7 Å². The van der Waals surface area contributed by atoms with Gasteiger partial charge in [0.05, 0.1) is 17.7 Å². The second-order valence-corrected chi connectivity index (χ2v) is 12.1. The number of hydrogen-bond acceptors (Lipinski definition) is 7. The minimum Gasteiger partial charge on any atom is -0.497 e. The molecule has 0 fully saturated rings. The van der Waals surface area contributed by atoms with E-state index in [2.05, 4.69) is 5.32 Å².